The Kier molecular flexibility index (Phi) is 6.34. The normalized spacial score (nSPS) is 10.2. The Morgan fingerprint density at radius 1 is 1.17 bits per heavy atom. The zero-order valence-corrected chi connectivity index (χ0v) is 15.8. The van der Waals surface area contributed by atoms with Gasteiger partial charge in [0.05, 0.1) is 30.3 Å². The third-order valence-corrected chi connectivity index (χ3v) is 4.07. The highest BCUT2D eigenvalue weighted by Crippen LogP contribution is 2.37. The number of halogens is 2. The van der Waals surface area contributed by atoms with Crippen LogP contribution >= 0.6 is 27.5 Å². The highest BCUT2D eigenvalue weighted by molar-refractivity contribution is 9.10. The Hall–Kier alpha value is -1.92. The quantitative estimate of drug-likeness (QED) is 0.740. The van der Waals surface area contributed by atoms with Gasteiger partial charge in [0.25, 0.3) is 5.91 Å². The minimum Gasteiger partial charge on any atom is -0.495 e. The molecule has 2 aromatic rings. The summed E-state index contributed by atoms with van der Waals surface area (Å²) in [7, 11) is 3.05. The Morgan fingerprint density at radius 2 is 1.88 bits per heavy atom. The molecule has 2 aromatic carbocycles. The molecule has 0 fully saturated rings. The van der Waals surface area contributed by atoms with Gasteiger partial charge in [0, 0.05) is 11.3 Å². The van der Waals surface area contributed by atoms with Crippen LogP contribution in [0.15, 0.2) is 34.8 Å². The number of carbonyl (C=O) groups excluding carboxylic acids is 1. The average Bonchev–Trinajstić information content (AvgIpc) is 2.56. The van der Waals surface area contributed by atoms with E-state index in [0.29, 0.717) is 44.6 Å². The second kappa shape index (κ2) is 8.26. The highest BCUT2D eigenvalue weighted by atomic mass is 79.9. The molecule has 1 amide bonds. The third kappa shape index (κ3) is 4.13. The lowest BCUT2D eigenvalue weighted by molar-refractivity contribution is 0.102. The number of carbonyl (C=O) groups is 1. The van der Waals surface area contributed by atoms with Gasteiger partial charge in [-0.3, -0.25) is 4.79 Å². The molecule has 0 spiro atoms. The minimum atomic E-state index is -0.293. The fourth-order valence-corrected chi connectivity index (χ4v) is 2.90. The van der Waals surface area contributed by atoms with Crippen molar-refractivity contribution in [1.29, 1.82) is 0 Å². The van der Waals surface area contributed by atoms with Crippen molar-refractivity contribution in [3.63, 3.8) is 0 Å². The smallest absolute Gasteiger partial charge is 0.255 e. The van der Waals surface area contributed by atoms with E-state index in [0.717, 1.165) is 0 Å². The molecular weight excluding hydrogens is 398 g/mol. The molecule has 5 nitrogen and oxygen atoms in total. The van der Waals surface area contributed by atoms with E-state index in [1.165, 1.54) is 14.2 Å². The Balaban J connectivity index is 2.26. The van der Waals surface area contributed by atoms with Crippen LogP contribution in [0, 0.1) is 0 Å². The summed E-state index contributed by atoms with van der Waals surface area (Å²) in [4.78, 5) is 12.5. The minimum absolute atomic E-state index is 0.293. The zero-order valence-electron chi connectivity index (χ0n) is 13.5. The molecule has 1 N–H and O–H groups in total. The van der Waals surface area contributed by atoms with Crippen molar-refractivity contribution in [2.24, 2.45) is 0 Å². The summed E-state index contributed by atoms with van der Waals surface area (Å²) in [5, 5.41) is 3.20. The van der Waals surface area contributed by atoms with Crippen molar-refractivity contribution in [3.05, 3.63) is 45.4 Å². The average molecular weight is 415 g/mol. The molecule has 0 atom stereocenters. The number of methoxy groups -OCH3 is 2. The van der Waals surface area contributed by atoms with Crippen LogP contribution in [0.25, 0.3) is 0 Å². The molecule has 0 bridgehead atoms. The van der Waals surface area contributed by atoms with Gasteiger partial charge in [0.15, 0.2) is 11.5 Å². The highest BCUT2D eigenvalue weighted by Gasteiger charge is 2.16. The Labute approximate surface area is 154 Å². The van der Waals surface area contributed by atoms with Crippen LogP contribution in [0.1, 0.15) is 17.3 Å². The Morgan fingerprint density at radius 3 is 2.46 bits per heavy atom. The van der Waals surface area contributed by atoms with Crippen LogP contribution in [-0.4, -0.2) is 26.7 Å². The largest absolute Gasteiger partial charge is 0.495 e. The van der Waals surface area contributed by atoms with Crippen LogP contribution in [0.4, 0.5) is 5.69 Å². The topological polar surface area (TPSA) is 56.8 Å². The van der Waals surface area contributed by atoms with E-state index in [9.17, 15) is 4.79 Å². The molecule has 128 valence electrons. The third-order valence-electron chi connectivity index (χ3n) is 3.19. The summed E-state index contributed by atoms with van der Waals surface area (Å²) in [6.07, 6.45) is 0. The Bertz CT molecular complexity index is 752. The van der Waals surface area contributed by atoms with Gasteiger partial charge in [-0.15, -0.1) is 0 Å². The lowest BCUT2D eigenvalue weighted by atomic mass is 10.1. The maximum Gasteiger partial charge on any atom is 0.255 e. The lowest BCUT2D eigenvalue weighted by Crippen LogP contribution is -2.12. The van der Waals surface area contributed by atoms with E-state index in [2.05, 4.69) is 21.2 Å². The van der Waals surface area contributed by atoms with Crippen molar-refractivity contribution in [2.45, 2.75) is 6.92 Å². The van der Waals surface area contributed by atoms with E-state index >= 15 is 0 Å². The van der Waals surface area contributed by atoms with Crippen LogP contribution in [-0.2, 0) is 0 Å². The molecule has 0 aliphatic carbocycles. The summed E-state index contributed by atoms with van der Waals surface area (Å²) < 4.78 is 16.5. The SMILES string of the molecule is CCOc1c(Br)cc(C(=O)Nc2ccc(OC)c(Cl)c2)cc1OC. The summed E-state index contributed by atoms with van der Waals surface area (Å²) >= 11 is 9.47. The molecule has 0 aromatic heterocycles. The number of amides is 1. The second-order valence-corrected chi connectivity index (χ2v) is 5.99. The molecule has 0 aliphatic heterocycles. The van der Waals surface area contributed by atoms with Gasteiger partial charge >= 0.3 is 0 Å². The van der Waals surface area contributed by atoms with Gasteiger partial charge in [0.2, 0.25) is 0 Å². The monoisotopic (exact) mass is 413 g/mol. The number of anilines is 1. The molecule has 2 rings (SSSR count). The van der Waals surface area contributed by atoms with Gasteiger partial charge in [-0.25, -0.2) is 0 Å². The van der Waals surface area contributed by atoms with Gasteiger partial charge in [-0.2, -0.15) is 0 Å². The van der Waals surface area contributed by atoms with Crippen molar-refractivity contribution in [3.8, 4) is 17.2 Å². The number of hydrogen-bond donors (Lipinski definition) is 1. The number of benzene rings is 2. The summed E-state index contributed by atoms with van der Waals surface area (Å²) in [6, 6.07) is 8.32. The molecule has 0 radical (unpaired) electrons. The molecule has 0 aliphatic rings. The van der Waals surface area contributed by atoms with E-state index in [-0.39, 0.29) is 5.91 Å². The zero-order chi connectivity index (χ0) is 17.7. The van der Waals surface area contributed by atoms with Crippen molar-refractivity contribution in [1.82, 2.24) is 0 Å². The van der Waals surface area contributed by atoms with Gasteiger partial charge in [-0.1, -0.05) is 11.6 Å². The van der Waals surface area contributed by atoms with Crippen LogP contribution in [0.2, 0.25) is 5.02 Å². The predicted octanol–water partition coefficient (Wildman–Crippen LogP) is 4.77. The van der Waals surface area contributed by atoms with Crippen molar-refractivity contribution in [2.75, 3.05) is 26.1 Å². The molecule has 0 saturated carbocycles. The summed E-state index contributed by atoms with van der Waals surface area (Å²) in [5.74, 6) is 1.28. The molecule has 7 heteroatoms. The fraction of sp³-hybridized carbons (Fsp3) is 0.235. The van der Waals surface area contributed by atoms with E-state index in [1.807, 2.05) is 6.92 Å². The molecule has 24 heavy (non-hydrogen) atoms. The van der Waals surface area contributed by atoms with Gasteiger partial charge < -0.3 is 19.5 Å². The molecule has 0 unspecified atom stereocenters. The van der Waals surface area contributed by atoms with Crippen LogP contribution in [0.5, 0.6) is 17.2 Å². The van der Waals surface area contributed by atoms with Crippen LogP contribution < -0.4 is 19.5 Å². The second-order valence-electron chi connectivity index (χ2n) is 4.73. The first kappa shape index (κ1) is 18.4. The fourth-order valence-electron chi connectivity index (χ4n) is 2.08. The van der Waals surface area contributed by atoms with Crippen LogP contribution in [0.3, 0.4) is 0 Å². The summed E-state index contributed by atoms with van der Waals surface area (Å²) in [6.45, 7) is 2.37. The van der Waals surface area contributed by atoms with E-state index in [4.69, 9.17) is 25.8 Å². The van der Waals surface area contributed by atoms with Gasteiger partial charge in [0.1, 0.15) is 5.75 Å². The molecule has 0 saturated heterocycles. The molecular formula is C17H17BrClNO4. The maximum atomic E-state index is 12.5. The van der Waals surface area contributed by atoms with Crippen molar-refractivity contribution >= 4 is 39.1 Å². The van der Waals surface area contributed by atoms with Crippen molar-refractivity contribution < 1.29 is 19.0 Å². The van der Waals surface area contributed by atoms with E-state index < -0.39 is 0 Å². The van der Waals surface area contributed by atoms with E-state index in [1.54, 1.807) is 30.3 Å². The first-order valence-corrected chi connectivity index (χ1v) is 8.32. The maximum absolute atomic E-state index is 12.5. The predicted molar refractivity (Wildman–Crippen MR) is 97.8 cm³/mol. The summed E-state index contributed by atoms with van der Waals surface area (Å²) in [5.41, 5.74) is 0.990. The first-order chi connectivity index (χ1) is 11.5. The number of ether oxygens (including phenoxy) is 3. The number of hydrogen-bond acceptors (Lipinski definition) is 4. The first-order valence-electron chi connectivity index (χ1n) is 7.15. The number of nitrogens with one attached hydrogen (secondary N) is 1. The standard InChI is InChI=1S/C17H17BrClNO4/c1-4-24-16-12(18)7-10(8-15(16)23-3)17(21)20-11-5-6-14(22-2)13(19)9-11/h5-9H,4H2,1-3H3,(H,20,21). The van der Waals surface area contributed by atoms with Gasteiger partial charge in [-0.05, 0) is 53.2 Å². The number of rotatable bonds is 6. The lowest BCUT2D eigenvalue weighted by Gasteiger charge is -2.13. The molecule has 0 heterocycles.